The molecule has 0 aliphatic carbocycles. The number of pyridine rings is 1. The Kier molecular flexibility index (Phi) is 8.36. The van der Waals surface area contributed by atoms with Gasteiger partial charge in [-0.15, -0.1) is 24.0 Å². The monoisotopic (exact) mass is 518 g/mol. The predicted octanol–water partition coefficient (Wildman–Crippen LogP) is 4.01. The van der Waals surface area contributed by atoms with E-state index in [1.165, 1.54) is 23.7 Å². The number of aryl methyl sites for hydroxylation is 1. The Hall–Kier alpha value is -2.29. The molecule has 0 spiro atoms. The number of rotatable bonds is 7. The van der Waals surface area contributed by atoms with Crippen molar-refractivity contribution >= 4 is 46.7 Å². The standard InChI is InChI=1S/C23H30N6.HI/c1-24-23(25-12-6-15-28-16-11-20-7-2-3-8-21(20)28)27-18-19-9-10-22(26-17-19)29-13-4-5-14-29;/h2-3,7-11,16-17H,4-6,12-15,18H2,1H3,(H2,24,25,27);1H. The van der Waals surface area contributed by atoms with Gasteiger partial charge in [0.1, 0.15) is 5.82 Å². The average Bonchev–Trinajstić information content (AvgIpc) is 3.44. The summed E-state index contributed by atoms with van der Waals surface area (Å²) in [5.41, 5.74) is 2.45. The third-order valence-corrected chi connectivity index (χ3v) is 5.47. The van der Waals surface area contributed by atoms with E-state index in [1.807, 2.05) is 13.2 Å². The molecule has 160 valence electrons. The summed E-state index contributed by atoms with van der Waals surface area (Å²) >= 11 is 0. The van der Waals surface area contributed by atoms with Crippen molar-refractivity contribution < 1.29 is 0 Å². The zero-order valence-corrected chi connectivity index (χ0v) is 19.9. The van der Waals surface area contributed by atoms with Crippen molar-refractivity contribution in [3.8, 4) is 0 Å². The van der Waals surface area contributed by atoms with Crippen molar-refractivity contribution in [3.05, 3.63) is 60.4 Å². The van der Waals surface area contributed by atoms with Crippen LogP contribution in [0.4, 0.5) is 5.82 Å². The normalized spacial score (nSPS) is 14.0. The van der Waals surface area contributed by atoms with Crippen LogP contribution in [0.25, 0.3) is 10.9 Å². The van der Waals surface area contributed by atoms with E-state index in [0.29, 0.717) is 0 Å². The fraction of sp³-hybridized carbons (Fsp3) is 0.391. The molecule has 6 nitrogen and oxygen atoms in total. The second-order valence-corrected chi connectivity index (χ2v) is 7.49. The Bertz CT molecular complexity index is 944. The molecule has 2 N–H and O–H groups in total. The largest absolute Gasteiger partial charge is 0.357 e. The summed E-state index contributed by atoms with van der Waals surface area (Å²) in [5, 5.41) is 8.07. The third kappa shape index (κ3) is 5.65. The van der Waals surface area contributed by atoms with E-state index in [0.717, 1.165) is 56.5 Å². The number of anilines is 1. The van der Waals surface area contributed by atoms with Crippen LogP contribution in [0.1, 0.15) is 24.8 Å². The lowest BCUT2D eigenvalue weighted by Crippen LogP contribution is -2.37. The van der Waals surface area contributed by atoms with Crippen LogP contribution in [0.2, 0.25) is 0 Å². The van der Waals surface area contributed by atoms with Gasteiger partial charge in [0.25, 0.3) is 0 Å². The molecule has 0 unspecified atom stereocenters. The maximum atomic E-state index is 4.62. The van der Waals surface area contributed by atoms with E-state index in [1.54, 1.807) is 0 Å². The van der Waals surface area contributed by atoms with Crippen LogP contribution in [0.5, 0.6) is 0 Å². The Morgan fingerprint density at radius 1 is 1.07 bits per heavy atom. The number of hydrogen-bond acceptors (Lipinski definition) is 3. The molecule has 3 aromatic rings. The van der Waals surface area contributed by atoms with Crippen LogP contribution in [-0.2, 0) is 13.1 Å². The van der Waals surface area contributed by atoms with Gasteiger partial charge in [-0.1, -0.05) is 24.3 Å². The summed E-state index contributed by atoms with van der Waals surface area (Å²) < 4.78 is 2.31. The number of benzene rings is 1. The number of aliphatic imine (C=N–C) groups is 1. The first-order valence-electron chi connectivity index (χ1n) is 10.5. The van der Waals surface area contributed by atoms with Gasteiger partial charge in [-0.05, 0) is 48.4 Å². The van der Waals surface area contributed by atoms with E-state index in [4.69, 9.17) is 0 Å². The molecule has 3 heterocycles. The zero-order valence-electron chi connectivity index (χ0n) is 17.6. The Morgan fingerprint density at radius 3 is 2.67 bits per heavy atom. The first-order valence-corrected chi connectivity index (χ1v) is 10.5. The molecule has 0 radical (unpaired) electrons. The fourth-order valence-corrected chi connectivity index (χ4v) is 3.85. The number of guanidine groups is 1. The molecule has 0 saturated carbocycles. The number of hydrogen-bond donors (Lipinski definition) is 2. The van der Waals surface area contributed by atoms with Crippen molar-refractivity contribution in [1.29, 1.82) is 0 Å². The molecule has 0 atom stereocenters. The zero-order chi connectivity index (χ0) is 19.9. The van der Waals surface area contributed by atoms with Gasteiger partial charge < -0.3 is 20.1 Å². The van der Waals surface area contributed by atoms with Gasteiger partial charge in [-0.25, -0.2) is 4.98 Å². The molecule has 1 aliphatic heterocycles. The Morgan fingerprint density at radius 2 is 1.90 bits per heavy atom. The molecule has 2 aromatic heterocycles. The highest BCUT2D eigenvalue weighted by atomic mass is 127. The van der Waals surface area contributed by atoms with Crippen LogP contribution < -0.4 is 15.5 Å². The molecule has 1 fully saturated rings. The van der Waals surface area contributed by atoms with Gasteiger partial charge in [0, 0.05) is 57.7 Å². The minimum atomic E-state index is 0. The first kappa shape index (κ1) is 22.4. The van der Waals surface area contributed by atoms with Crippen LogP contribution >= 0.6 is 24.0 Å². The van der Waals surface area contributed by atoms with Crippen molar-refractivity contribution in [2.75, 3.05) is 31.6 Å². The summed E-state index contributed by atoms with van der Waals surface area (Å²) in [6.45, 7) is 4.83. The van der Waals surface area contributed by atoms with Gasteiger partial charge in [-0.3, -0.25) is 4.99 Å². The van der Waals surface area contributed by atoms with E-state index in [9.17, 15) is 0 Å². The third-order valence-electron chi connectivity index (χ3n) is 5.47. The highest BCUT2D eigenvalue weighted by Gasteiger charge is 2.12. The smallest absolute Gasteiger partial charge is 0.191 e. The first-order chi connectivity index (χ1) is 14.3. The van der Waals surface area contributed by atoms with Crippen LogP contribution in [-0.4, -0.2) is 42.2 Å². The maximum Gasteiger partial charge on any atom is 0.191 e. The average molecular weight is 518 g/mol. The lowest BCUT2D eigenvalue weighted by atomic mass is 10.2. The van der Waals surface area contributed by atoms with Gasteiger partial charge in [0.2, 0.25) is 0 Å². The van der Waals surface area contributed by atoms with Gasteiger partial charge in [-0.2, -0.15) is 0 Å². The molecular weight excluding hydrogens is 487 g/mol. The number of halogens is 1. The summed E-state index contributed by atoms with van der Waals surface area (Å²) in [6.07, 6.45) is 7.70. The van der Waals surface area contributed by atoms with E-state index in [-0.39, 0.29) is 24.0 Å². The van der Waals surface area contributed by atoms with Crippen molar-refractivity contribution in [2.45, 2.75) is 32.4 Å². The molecule has 1 aromatic carbocycles. The van der Waals surface area contributed by atoms with E-state index in [2.05, 4.69) is 78.7 Å². The van der Waals surface area contributed by atoms with Gasteiger partial charge in [0.05, 0.1) is 0 Å². The van der Waals surface area contributed by atoms with Gasteiger partial charge >= 0.3 is 0 Å². The van der Waals surface area contributed by atoms with Crippen molar-refractivity contribution in [1.82, 2.24) is 20.2 Å². The fourth-order valence-electron chi connectivity index (χ4n) is 3.85. The molecule has 1 saturated heterocycles. The topological polar surface area (TPSA) is 57.5 Å². The summed E-state index contributed by atoms with van der Waals surface area (Å²) in [7, 11) is 1.81. The number of para-hydroxylation sites is 1. The lowest BCUT2D eigenvalue weighted by Gasteiger charge is -2.16. The molecular formula is C23H31IN6. The summed E-state index contributed by atoms with van der Waals surface area (Å²) in [6, 6.07) is 15.0. The number of nitrogens with one attached hydrogen (secondary N) is 2. The van der Waals surface area contributed by atoms with E-state index < -0.39 is 0 Å². The number of fused-ring (bicyclic) bond motifs is 1. The van der Waals surface area contributed by atoms with Crippen molar-refractivity contribution in [2.24, 2.45) is 4.99 Å². The maximum absolute atomic E-state index is 4.62. The minimum absolute atomic E-state index is 0. The number of aromatic nitrogens is 2. The predicted molar refractivity (Wildman–Crippen MR) is 136 cm³/mol. The second kappa shape index (κ2) is 11.2. The van der Waals surface area contributed by atoms with Crippen LogP contribution in [0.3, 0.4) is 0 Å². The summed E-state index contributed by atoms with van der Waals surface area (Å²) in [5.74, 6) is 1.91. The lowest BCUT2D eigenvalue weighted by molar-refractivity contribution is 0.640. The van der Waals surface area contributed by atoms with E-state index >= 15 is 0 Å². The molecule has 0 bridgehead atoms. The Labute approximate surface area is 195 Å². The quantitative estimate of drug-likeness (QED) is 0.215. The Balaban J connectivity index is 0.00000256. The van der Waals surface area contributed by atoms with Crippen molar-refractivity contribution in [3.63, 3.8) is 0 Å². The highest BCUT2D eigenvalue weighted by Crippen LogP contribution is 2.17. The molecule has 0 amide bonds. The molecule has 30 heavy (non-hydrogen) atoms. The number of nitrogens with zero attached hydrogens (tertiary/aromatic N) is 4. The second-order valence-electron chi connectivity index (χ2n) is 7.49. The molecule has 7 heteroatoms. The van der Waals surface area contributed by atoms with Gasteiger partial charge in [0.15, 0.2) is 5.96 Å². The SMILES string of the molecule is CN=C(NCCCn1ccc2ccccc21)NCc1ccc(N2CCCC2)nc1.I. The molecule has 1 aliphatic rings. The highest BCUT2D eigenvalue weighted by molar-refractivity contribution is 14.0. The minimum Gasteiger partial charge on any atom is -0.357 e. The summed E-state index contributed by atoms with van der Waals surface area (Å²) in [4.78, 5) is 11.3. The molecule has 4 rings (SSSR count). The van der Waals surface area contributed by atoms with Crippen LogP contribution in [0, 0.1) is 0 Å². The van der Waals surface area contributed by atoms with Crippen LogP contribution in [0.15, 0.2) is 59.9 Å².